The molecule has 0 rings (SSSR count). The molecule has 0 spiro atoms. The highest BCUT2D eigenvalue weighted by Crippen LogP contribution is 2.18. The summed E-state index contributed by atoms with van der Waals surface area (Å²) < 4.78 is 16.9. The van der Waals surface area contributed by atoms with Crippen LogP contribution >= 0.6 is 0 Å². The molecule has 6 heteroatoms. The van der Waals surface area contributed by atoms with Crippen LogP contribution in [0.15, 0.2) is 48.6 Å². The van der Waals surface area contributed by atoms with Crippen molar-refractivity contribution in [2.24, 2.45) is 0 Å². The fourth-order valence-electron chi connectivity index (χ4n) is 9.38. The summed E-state index contributed by atoms with van der Waals surface area (Å²) in [5, 5.41) is 0. The predicted molar refractivity (Wildman–Crippen MR) is 312 cm³/mol. The molecule has 0 aliphatic carbocycles. The van der Waals surface area contributed by atoms with Gasteiger partial charge in [0, 0.05) is 19.3 Å². The third kappa shape index (κ3) is 58.3. The second-order valence-corrected chi connectivity index (χ2v) is 21.3. The van der Waals surface area contributed by atoms with Gasteiger partial charge in [0.1, 0.15) is 13.2 Å². The van der Waals surface area contributed by atoms with Crippen LogP contribution in [0.5, 0.6) is 0 Å². The molecule has 0 bridgehead atoms. The van der Waals surface area contributed by atoms with Crippen LogP contribution in [-0.2, 0) is 28.6 Å². The highest BCUT2D eigenvalue weighted by Gasteiger charge is 2.19. The van der Waals surface area contributed by atoms with Gasteiger partial charge >= 0.3 is 17.9 Å². The van der Waals surface area contributed by atoms with Gasteiger partial charge in [-0.15, -0.1) is 0 Å². The number of carbonyl (C=O) groups is 3. The van der Waals surface area contributed by atoms with Crippen LogP contribution < -0.4 is 0 Å². The predicted octanol–water partition coefficient (Wildman–Crippen LogP) is 21.4. The summed E-state index contributed by atoms with van der Waals surface area (Å²) >= 11 is 0. The van der Waals surface area contributed by atoms with Crippen LogP contribution in [-0.4, -0.2) is 37.2 Å². The van der Waals surface area contributed by atoms with E-state index in [2.05, 4.69) is 69.4 Å². The van der Waals surface area contributed by atoms with E-state index in [1.165, 1.54) is 212 Å². The Kier molecular flexibility index (Phi) is 58.7. The average Bonchev–Trinajstić information content (AvgIpc) is 3.38. The van der Waals surface area contributed by atoms with Crippen molar-refractivity contribution in [3.8, 4) is 0 Å². The molecule has 0 aromatic rings. The number of esters is 3. The van der Waals surface area contributed by atoms with Gasteiger partial charge in [0.05, 0.1) is 0 Å². The van der Waals surface area contributed by atoms with E-state index in [0.717, 1.165) is 83.5 Å². The highest BCUT2D eigenvalue weighted by atomic mass is 16.6. The standard InChI is InChI=1S/C66H120O6/c1-4-7-10-13-16-19-21-23-25-27-29-31-33-35-37-39-41-43-45-47-50-53-56-59-65(68)71-62-63(61-70-64(67)58-55-52-49-18-15-12-9-6-3)72-66(69)60-57-54-51-48-46-44-42-40-38-36-34-32-30-28-26-24-22-20-17-14-11-8-5-2/h7,10,16,19,23,25,29,31,63H,4-6,8-9,11-15,17-18,20-22,24,26-28,30,32-62H2,1-3H3/b10-7-,19-16-,25-23-,31-29-. The number of hydrogen-bond acceptors (Lipinski definition) is 6. The Morgan fingerprint density at radius 2 is 0.542 bits per heavy atom. The van der Waals surface area contributed by atoms with Gasteiger partial charge in [0.25, 0.3) is 0 Å². The van der Waals surface area contributed by atoms with Gasteiger partial charge in [-0.3, -0.25) is 14.4 Å². The topological polar surface area (TPSA) is 78.9 Å². The minimum Gasteiger partial charge on any atom is -0.462 e. The van der Waals surface area contributed by atoms with Crippen LogP contribution in [0.3, 0.4) is 0 Å². The van der Waals surface area contributed by atoms with Crippen LogP contribution in [0.2, 0.25) is 0 Å². The monoisotopic (exact) mass is 1010 g/mol. The van der Waals surface area contributed by atoms with E-state index < -0.39 is 6.10 Å². The molecule has 0 saturated heterocycles. The molecule has 0 aliphatic heterocycles. The maximum Gasteiger partial charge on any atom is 0.306 e. The van der Waals surface area contributed by atoms with Crippen molar-refractivity contribution in [1.29, 1.82) is 0 Å². The Balaban J connectivity index is 4.15. The van der Waals surface area contributed by atoms with Gasteiger partial charge in [-0.25, -0.2) is 0 Å². The number of hydrogen-bond donors (Lipinski definition) is 0. The van der Waals surface area contributed by atoms with Crippen LogP contribution in [0, 0.1) is 0 Å². The minimum atomic E-state index is -0.770. The molecule has 1 unspecified atom stereocenters. The van der Waals surface area contributed by atoms with Crippen molar-refractivity contribution >= 4 is 17.9 Å². The highest BCUT2D eigenvalue weighted by molar-refractivity contribution is 5.71. The van der Waals surface area contributed by atoms with E-state index in [4.69, 9.17) is 14.2 Å². The second kappa shape index (κ2) is 60.9. The van der Waals surface area contributed by atoms with Gasteiger partial charge in [-0.1, -0.05) is 307 Å². The smallest absolute Gasteiger partial charge is 0.306 e. The van der Waals surface area contributed by atoms with Gasteiger partial charge in [-0.05, 0) is 57.8 Å². The first kappa shape index (κ1) is 69.4. The first-order valence-electron chi connectivity index (χ1n) is 31.6. The van der Waals surface area contributed by atoms with Gasteiger partial charge in [-0.2, -0.15) is 0 Å². The van der Waals surface area contributed by atoms with Gasteiger partial charge < -0.3 is 14.2 Å². The molecule has 0 amide bonds. The number of carbonyl (C=O) groups excluding carboxylic acids is 3. The lowest BCUT2D eigenvalue weighted by molar-refractivity contribution is -0.167. The zero-order chi connectivity index (χ0) is 52.2. The normalized spacial score (nSPS) is 12.3. The van der Waals surface area contributed by atoms with E-state index in [1.807, 2.05) is 0 Å². The minimum absolute atomic E-state index is 0.0699. The SMILES string of the molecule is CC/C=C\C/C=C\C/C=C\C/C=C\CCCCCCCCCCCCC(=O)OCC(COC(=O)CCCCCCCCCC)OC(=O)CCCCCCCCCCCCCCCCCCCCCCCCC. The fraction of sp³-hybridized carbons (Fsp3) is 0.833. The average molecular weight is 1010 g/mol. The molecular formula is C66H120O6. The van der Waals surface area contributed by atoms with E-state index in [9.17, 15) is 14.4 Å². The Labute approximate surface area is 448 Å². The Morgan fingerprint density at radius 3 is 0.847 bits per heavy atom. The lowest BCUT2D eigenvalue weighted by atomic mass is 10.0. The van der Waals surface area contributed by atoms with Gasteiger partial charge in [0.15, 0.2) is 6.10 Å². The zero-order valence-electron chi connectivity index (χ0n) is 48.2. The number of allylic oxidation sites excluding steroid dienone is 8. The van der Waals surface area contributed by atoms with Crippen molar-refractivity contribution in [3.63, 3.8) is 0 Å². The van der Waals surface area contributed by atoms with E-state index in [0.29, 0.717) is 19.3 Å². The molecule has 0 aromatic carbocycles. The molecule has 0 aliphatic rings. The molecule has 0 radical (unpaired) electrons. The lowest BCUT2D eigenvalue weighted by Gasteiger charge is -2.18. The quantitative estimate of drug-likeness (QED) is 0.0261. The summed E-state index contributed by atoms with van der Waals surface area (Å²) in [6.45, 7) is 6.55. The van der Waals surface area contributed by atoms with E-state index in [-0.39, 0.29) is 31.1 Å². The third-order valence-corrected chi connectivity index (χ3v) is 14.1. The van der Waals surface area contributed by atoms with Crippen LogP contribution in [0.1, 0.15) is 335 Å². The van der Waals surface area contributed by atoms with Crippen LogP contribution in [0.25, 0.3) is 0 Å². The summed E-state index contributed by atoms with van der Waals surface area (Å²) in [7, 11) is 0. The summed E-state index contributed by atoms with van der Waals surface area (Å²) in [5.41, 5.74) is 0. The third-order valence-electron chi connectivity index (χ3n) is 14.1. The summed E-state index contributed by atoms with van der Waals surface area (Å²) in [5.74, 6) is -0.859. The number of unbranched alkanes of at least 4 members (excludes halogenated alkanes) is 39. The van der Waals surface area contributed by atoms with Crippen molar-refractivity contribution < 1.29 is 28.6 Å². The Bertz CT molecular complexity index is 1250. The first-order chi connectivity index (χ1) is 35.5. The van der Waals surface area contributed by atoms with E-state index in [1.54, 1.807) is 0 Å². The molecule has 6 nitrogen and oxygen atoms in total. The first-order valence-corrected chi connectivity index (χ1v) is 31.6. The molecule has 1 atom stereocenters. The molecule has 0 aromatic heterocycles. The Hall–Kier alpha value is -2.63. The van der Waals surface area contributed by atoms with E-state index >= 15 is 0 Å². The van der Waals surface area contributed by atoms with Crippen molar-refractivity contribution in [2.75, 3.05) is 13.2 Å². The number of rotatable bonds is 58. The summed E-state index contributed by atoms with van der Waals surface area (Å²) in [6, 6.07) is 0. The Morgan fingerprint density at radius 1 is 0.292 bits per heavy atom. The molecule has 0 saturated carbocycles. The summed E-state index contributed by atoms with van der Waals surface area (Å²) in [6.07, 6.45) is 75.7. The molecule has 420 valence electrons. The van der Waals surface area contributed by atoms with Crippen LogP contribution in [0.4, 0.5) is 0 Å². The summed E-state index contributed by atoms with van der Waals surface area (Å²) in [4.78, 5) is 38.1. The number of ether oxygens (including phenoxy) is 3. The molecule has 0 N–H and O–H groups in total. The molecule has 72 heavy (non-hydrogen) atoms. The molecule has 0 fully saturated rings. The molecule has 0 heterocycles. The van der Waals surface area contributed by atoms with Crippen molar-refractivity contribution in [1.82, 2.24) is 0 Å². The molecular weight excluding hydrogens is 889 g/mol. The second-order valence-electron chi connectivity index (χ2n) is 21.3. The maximum atomic E-state index is 12.9. The van der Waals surface area contributed by atoms with Crippen molar-refractivity contribution in [3.05, 3.63) is 48.6 Å². The fourth-order valence-corrected chi connectivity index (χ4v) is 9.38. The van der Waals surface area contributed by atoms with Gasteiger partial charge in [0.2, 0.25) is 0 Å². The maximum absolute atomic E-state index is 12.9. The largest absolute Gasteiger partial charge is 0.462 e. The zero-order valence-corrected chi connectivity index (χ0v) is 48.2. The van der Waals surface area contributed by atoms with Crippen molar-refractivity contribution in [2.45, 2.75) is 341 Å². The lowest BCUT2D eigenvalue weighted by Crippen LogP contribution is -2.30.